The zero-order valence-electron chi connectivity index (χ0n) is 10.0. The van der Waals surface area contributed by atoms with E-state index in [2.05, 4.69) is 0 Å². The molecule has 1 aliphatic rings. The molecule has 0 aliphatic carbocycles. The standard InChI is InChI=1S/C13H18N2O2/c1-9-2-3-12(14)11(6-9)13(17)15-5-4-10(7-15)8-16/h2-3,6,10,16H,4-5,7-8,14H2,1H3. The van der Waals surface area contributed by atoms with Gasteiger partial charge < -0.3 is 15.7 Å². The van der Waals surface area contributed by atoms with Crippen molar-refractivity contribution < 1.29 is 9.90 Å². The summed E-state index contributed by atoms with van der Waals surface area (Å²) in [6.07, 6.45) is 0.869. The molecule has 0 aromatic heterocycles. The van der Waals surface area contributed by atoms with Gasteiger partial charge in [0, 0.05) is 31.3 Å². The molecule has 1 fully saturated rings. The fourth-order valence-corrected chi connectivity index (χ4v) is 2.19. The Balaban J connectivity index is 2.17. The molecule has 0 spiro atoms. The van der Waals surface area contributed by atoms with Crippen molar-refractivity contribution >= 4 is 11.6 Å². The van der Waals surface area contributed by atoms with Gasteiger partial charge in [-0.15, -0.1) is 0 Å². The fraction of sp³-hybridized carbons (Fsp3) is 0.462. The van der Waals surface area contributed by atoms with Gasteiger partial charge in [0.05, 0.1) is 5.56 Å². The minimum Gasteiger partial charge on any atom is -0.398 e. The molecule has 1 aromatic carbocycles. The third-order valence-electron chi connectivity index (χ3n) is 3.27. The fourth-order valence-electron chi connectivity index (χ4n) is 2.19. The number of likely N-dealkylation sites (tertiary alicyclic amines) is 1. The maximum Gasteiger partial charge on any atom is 0.255 e. The van der Waals surface area contributed by atoms with Gasteiger partial charge in [-0.1, -0.05) is 11.6 Å². The first kappa shape index (κ1) is 11.9. The molecule has 17 heavy (non-hydrogen) atoms. The van der Waals surface area contributed by atoms with E-state index in [1.807, 2.05) is 19.1 Å². The lowest BCUT2D eigenvalue weighted by atomic mass is 10.1. The second kappa shape index (κ2) is 4.75. The predicted octanol–water partition coefficient (Wildman–Crippen LogP) is 1.03. The van der Waals surface area contributed by atoms with E-state index in [9.17, 15) is 4.79 Å². The van der Waals surface area contributed by atoms with Crippen molar-refractivity contribution in [3.05, 3.63) is 29.3 Å². The highest BCUT2D eigenvalue weighted by atomic mass is 16.3. The molecule has 4 nitrogen and oxygen atoms in total. The average Bonchev–Trinajstić information content (AvgIpc) is 2.80. The topological polar surface area (TPSA) is 66.6 Å². The molecule has 2 rings (SSSR count). The molecule has 1 saturated heterocycles. The van der Waals surface area contributed by atoms with Gasteiger partial charge in [-0.2, -0.15) is 0 Å². The lowest BCUT2D eigenvalue weighted by molar-refractivity contribution is 0.0783. The molecule has 1 aliphatic heterocycles. The smallest absolute Gasteiger partial charge is 0.255 e. The number of hydrogen-bond donors (Lipinski definition) is 2. The molecule has 1 heterocycles. The van der Waals surface area contributed by atoms with Crippen LogP contribution in [0.2, 0.25) is 0 Å². The molecule has 1 atom stereocenters. The average molecular weight is 234 g/mol. The lowest BCUT2D eigenvalue weighted by Gasteiger charge is -2.17. The largest absolute Gasteiger partial charge is 0.398 e. The Morgan fingerprint density at radius 3 is 3.00 bits per heavy atom. The van der Waals surface area contributed by atoms with Crippen LogP contribution in [-0.4, -0.2) is 35.6 Å². The number of anilines is 1. The normalized spacial score (nSPS) is 19.6. The van der Waals surface area contributed by atoms with E-state index >= 15 is 0 Å². The van der Waals surface area contributed by atoms with E-state index in [1.54, 1.807) is 11.0 Å². The maximum atomic E-state index is 12.2. The van der Waals surface area contributed by atoms with Crippen molar-refractivity contribution in [2.45, 2.75) is 13.3 Å². The van der Waals surface area contributed by atoms with Gasteiger partial charge in [0.2, 0.25) is 0 Å². The first-order chi connectivity index (χ1) is 8.11. The highest BCUT2D eigenvalue weighted by Crippen LogP contribution is 2.21. The van der Waals surface area contributed by atoms with Crippen molar-refractivity contribution in [3.8, 4) is 0 Å². The molecule has 0 saturated carbocycles. The third kappa shape index (κ3) is 2.42. The number of aliphatic hydroxyl groups excluding tert-OH is 1. The van der Waals surface area contributed by atoms with Crippen LogP contribution in [0.4, 0.5) is 5.69 Å². The van der Waals surface area contributed by atoms with Crippen LogP contribution in [0.25, 0.3) is 0 Å². The van der Waals surface area contributed by atoms with Gasteiger partial charge >= 0.3 is 0 Å². The van der Waals surface area contributed by atoms with E-state index < -0.39 is 0 Å². The number of aryl methyl sites for hydroxylation is 1. The third-order valence-corrected chi connectivity index (χ3v) is 3.27. The Labute approximate surface area is 101 Å². The van der Waals surface area contributed by atoms with E-state index in [1.165, 1.54) is 0 Å². The minimum absolute atomic E-state index is 0.0258. The van der Waals surface area contributed by atoms with Gasteiger partial charge in [-0.3, -0.25) is 4.79 Å². The molecule has 1 amide bonds. The van der Waals surface area contributed by atoms with Gasteiger partial charge in [-0.25, -0.2) is 0 Å². The zero-order chi connectivity index (χ0) is 12.4. The number of nitrogen functional groups attached to an aromatic ring is 1. The van der Waals surface area contributed by atoms with Crippen LogP contribution in [0, 0.1) is 12.8 Å². The van der Waals surface area contributed by atoms with E-state index in [0.29, 0.717) is 24.3 Å². The molecular weight excluding hydrogens is 216 g/mol. The number of rotatable bonds is 2. The summed E-state index contributed by atoms with van der Waals surface area (Å²) in [7, 11) is 0. The number of carbonyl (C=O) groups excluding carboxylic acids is 1. The van der Waals surface area contributed by atoms with Gasteiger partial charge in [0.25, 0.3) is 5.91 Å². The van der Waals surface area contributed by atoms with Gasteiger partial charge in [0.15, 0.2) is 0 Å². The van der Waals surface area contributed by atoms with Crippen LogP contribution >= 0.6 is 0 Å². The van der Waals surface area contributed by atoms with Gasteiger partial charge in [0.1, 0.15) is 0 Å². The Morgan fingerprint density at radius 2 is 2.35 bits per heavy atom. The summed E-state index contributed by atoms with van der Waals surface area (Å²) in [6.45, 7) is 3.42. The number of nitrogens with zero attached hydrogens (tertiary/aromatic N) is 1. The first-order valence-electron chi connectivity index (χ1n) is 5.88. The molecule has 4 heteroatoms. The predicted molar refractivity (Wildman–Crippen MR) is 66.7 cm³/mol. The van der Waals surface area contributed by atoms with Crippen molar-refractivity contribution in [1.82, 2.24) is 4.90 Å². The van der Waals surface area contributed by atoms with Crippen LogP contribution in [0.5, 0.6) is 0 Å². The molecule has 0 radical (unpaired) electrons. The Bertz CT molecular complexity index is 431. The number of carbonyl (C=O) groups is 1. The highest BCUT2D eigenvalue weighted by molar-refractivity contribution is 5.99. The maximum absolute atomic E-state index is 12.2. The van der Waals surface area contributed by atoms with Crippen LogP contribution < -0.4 is 5.73 Å². The monoisotopic (exact) mass is 234 g/mol. The quantitative estimate of drug-likeness (QED) is 0.751. The number of aliphatic hydroxyl groups is 1. The van der Waals surface area contributed by atoms with Crippen LogP contribution in [-0.2, 0) is 0 Å². The molecule has 1 aromatic rings. The highest BCUT2D eigenvalue weighted by Gasteiger charge is 2.27. The van der Waals surface area contributed by atoms with Crippen molar-refractivity contribution in [3.63, 3.8) is 0 Å². The summed E-state index contributed by atoms with van der Waals surface area (Å²) in [4.78, 5) is 14.0. The Kier molecular flexibility index (Phi) is 3.33. The summed E-state index contributed by atoms with van der Waals surface area (Å²) < 4.78 is 0. The molecule has 0 bridgehead atoms. The Morgan fingerprint density at radius 1 is 1.59 bits per heavy atom. The van der Waals surface area contributed by atoms with Gasteiger partial charge in [-0.05, 0) is 25.5 Å². The summed E-state index contributed by atoms with van der Waals surface area (Å²) in [5, 5.41) is 9.07. The lowest BCUT2D eigenvalue weighted by Crippen LogP contribution is -2.29. The van der Waals surface area contributed by atoms with Crippen LogP contribution in [0.1, 0.15) is 22.3 Å². The Hall–Kier alpha value is -1.55. The molecule has 1 unspecified atom stereocenters. The SMILES string of the molecule is Cc1ccc(N)c(C(=O)N2CCC(CO)C2)c1. The van der Waals surface area contributed by atoms with Crippen molar-refractivity contribution in [1.29, 1.82) is 0 Å². The number of amides is 1. The summed E-state index contributed by atoms with van der Waals surface area (Å²) in [5.41, 5.74) is 7.95. The molecular formula is C13H18N2O2. The van der Waals surface area contributed by atoms with Crippen LogP contribution in [0.15, 0.2) is 18.2 Å². The summed E-state index contributed by atoms with van der Waals surface area (Å²) in [6, 6.07) is 5.48. The van der Waals surface area contributed by atoms with Crippen molar-refractivity contribution in [2.24, 2.45) is 5.92 Å². The second-order valence-corrected chi connectivity index (χ2v) is 4.68. The number of benzene rings is 1. The van der Waals surface area contributed by atoms with Crippen molar-refractivity contribution in [2.75, 3.05) is 25.4 Å². The number of nitrogens with two attached hydrogens (primary N) is 1. The van der Waals surface area contributed by atoms with E-state index in [4.69, 9.17) is 10.8 Å². The number of hydrogen-bond acceptors (Lipinski definition) is 3. The summed E-state index contributed by atoms with van der Waals surface area (Å²) in [5.74, 6) is 0.187. The van der Waals surface area contributed by atoms with E-state index in [-0.39, 0.29) is 18.4 Å². The minimum atomic E-state index is -0.0258. The van der Waals surface area contributed by atoms with E-state index in [0.717, 1.165) is 12.0 Å². The van der Waals surface area contributed by atoms with Crippen LogP contribution in [0.3, 0.4) is 0 Å². The molecule has 92 valence electrons. The second-order valence-electron chi connectivity index (χ2n) is 4.68. The first-order valence-corrected chi connectivity index (χ1v) is 5.88. The molecule has 3 N–H and O–H groups in total. The zero-order valence-corrected chi connectivity index (χ0v) is 10.0. The summed E-state index contributed by atoms with van der Waals surface area (Å²) >= 11 is 0.